The molecule has 138 valence electrons. The summed E-state index contributed by atoms with van der Waals surface area (Å²) in [7, 11) is 0. The van der Waals surface area contributed by atoms with Gasteiger partial charge in [0.05, 0.1) is 16.0 Å². The van der Waals surface area contributed by atoms with Gasteiger partial charge in [0.15, 0.2) is 11.0 Å². The van der Waals surface area contributed by atoms with Gasteiger partial charge < -0.3 is 5.32 Å². The van der Waals surface area contributed by atoms with E-state index in [4.69, 9.17) is 11.6 Å². The van der Waals surface area contributed by atoms with Crippen molar-refractivity contribution in [3.05, 3.63) is 53.8 Å². The Balaban J connectivity index is 1.53. The van der Waals surface area contributed by atoms with E-state index in [1.807, 2.05) is 31.2 Å². The number of nitrogens with zero attached hydrogens (tertiary/aromatic N) is 4. The second-order valence-electron chi connectivity index (χ2n) is 6.38. The summed E-state index contributed by atoms with van der Waals surface area (Å²) in [4.78, 5) is 16.8. The van der Waals surface area contributed by atoms with Gasteiger partial charge in [-0.3, -0.25) is 14.3 Å². The number of rotatable bonds is 6. The summed E-state index contributed by atoms with van der Waals surface area (Å²) in [5.41, 5.74) is 1.54. The van der Waals surface area contributed by atoms with Crippen molar-refractivity contribution in [1.29, 1.82) is 0 Å². The molecular formula is C19H18ClN5OS. The first-order valence-corrected chi connectivity index (χ1v) is 9.96. The standard InChI is InChI=1S/C19H18ClN5OS/c1-12(18(26)22-16-7-3-2-6-15(16)20)27-19-24-23-17(25(19)14-8-9-14)13-5-4-10-21-11-13/h2-7,10-12,14H,8-9H2,1H3,(H,22,26)/t12-/m1/s1. The lowest BCUT2D eigenvalue weighted by molar-refractivity contribution is -0.115. The number of hydrogen-bond donors (Lipinski definition) is 1. The molecule has 3 aromatic rings. The van der Waals surface area contributed by atoms with Crippen LogP contribution >= 0.6 is 23.4 Å². The average molecular weight is 400 g/mol. The van der Waals surface area contributed by atoms with E-state index >= 15 is 0 Å². The smallest absolute Gasteiger partial charge is 0.237 e. The normalized spacial score (nSPS) is 14.7. The first kappa shape index (κ1) is 18.0. The number of carbonyl (C=O) groups is 1. The molecule has 0 spiro atoms. The van der Waals surface area contributed by atoms with Crippen molar-refractivity contribution in [2.75, 3.05) is 5.32 Å². The van der Waals surface area contributed by atoms with E-state index < -0.39 is 0 Å². The van der Waals surface area contributed by atoms with Crippen molar-refractivity contribution in [3.8, 4) is 11.4 Å². The third kappa shape index (κ3) is 3.99. The van der Waals surface area contributed by atoms with E-state index in [1.54, 1.807) is 24.5 Å². The molecule has 2 aromatic heterocycles. The number of aromatic nitrogens is 4. The highest BCUT2D eigenvalue weighted by Gasteiger charge is 2.31. The Morgan fingerprint density at radius 3 is 2.78 bits per heavy atom. The minimum atomic E-state index is -0.343. The third-order valence-electron chi connectivity index (χ3n) is 4.28. The van der Waals surface area contributed by atoms with Crippen LogP contribution in [0.5, 0.6) is 0 Å². The van der Waals surface area contributed by atoms with Gasteiger partial charge in [-0.05, 0) is 44.0 Å². The molecule has 1 aliphatic carbocycles. The van der Waals surface area contributed by atoms with Gasteiger partial charge in [-0.15, -0.1) is 10.2 Å². The first-order chi connectivity index (χ1) is 13.1. The molecule has 2 heterocycles. The molecule has 0 aliphatic heterocycles. The van der Waals surface area contributed by atoms with Gasteiger partial charge in [0, 0.05) is 24.0 Å². The number of pyridine rings is 1. The van der Waals surface area contributed by atoms with Crippen LogP contribution < -0.4 is 5.32 Å². The van der Waals surface area contributed by atoms with Crippen LogP contribution in [0.3, 0.4) is 0 Å². The predicted molar refractivity (Wildman–Crippen MR) is 107 cm³/mol. The lowest BCUT2D eigenvalue weighted by Gasteiger charge is -2.14. The Bertz CT molecular complexity index is 958. The molecule has 6 nitrogen and oxygen atoms in total. The number of benzene rings is 1. The highest BCUT2D eigenvalue weighted by Crippen LogP contribution is 2.41. The topological polar surface area (TPSA) is 72.7 Å². The Labute approximate surface area is 166 Å². The zero-order chi connectivity index (χ0) is 18.8. The molecule has 1 aromatic carbocycles. The third-order valence-corrected chi connectivity index (χ3v) is 5.67. The van der Waals surface area contributed by atoms with Crippen LogP contribution in [0.1, 0.15) is 25.8 Å². The van der Waals surface area contributed by atoms with Gasteiger partial charge in [-0.25, -0.2) is 0 Å². The van der Waals surface area contributed by atoms with Gasteiger partial charge in [0.1, 0.15) is 0 Å². The van der Waals surface area contributed by atoms with Crippen LogP contribution in [0.4, 0.5) is 5.69 Å². The molecule has 4 rings (SSSR count). The summed E-state index contributed by atoms with van der Waals surface area (Å²) >= 11 is 7.53. The van der Waals surface area contributed by atoms with Gasteiger partial charge in [-0.1, -0.05) is 35.5 Å². The Kier molecular flexibility index (Phi) is 5.13. The van der Waals surface area contributed by atoms with Crippen LogP contribution in [0.2, 0.25) is 5.02 Å². The van der Waals surface area contributed by atoms with Crippen LogP contribution in [-0.4, -0.2) is 30.9 Å². The summed E-state index contributed by atoms with van der Waals surface area (Å²) < 4.78 is 2.13. The molecule has 1 saturated carbocycles. The number of hydrogen-bond acceptors (Lipinski definition) is 5. The monoisotopic (exact) mass is 399 g/mol. The summed E-state index contributed by atoms with van der Waals surface area (Å²) in [6, 6.07) is 11.4. The molecule has 0 saturated heterocycles. The molecular weight excluding hydrogens is 382 g/mol. The quantitative estimate of drug-likeness (QED) is 0.620. The Morgan fingerprint density at radius 2 is 2.07 bits per heavy atom. The lowest BCUT2D eigenvalue weighted by Crippen LogP contribution is -2.23. The molecule has 27 heavy (non-hydrogen) atoms. The van der Waals surface area contributed by atoms with Crippen molar-refractivity contribution in [2.45, 2.75) is 36.2 Å². The van der Waals surface area contributed by atoms with Gasteiger partial charge >= 0.3 is 0 Å². The SMILES string of the molecule is C[C@@H](Sc1nnc(-c2cccnc2)n1C1CC1)C(=O)Nc1ccccc1Cl. The molecule has 1 atom stereocenters. The minimum absolute atomic E-state index is 0.124. The summed E-state index contributed by atoms with van der Waals surface area (Å²) in [6.45, 7) is 1.85. The van der Waals surface area contributed by atoms with E-state index in [-0.39, 0.29) is 11.2 Å². The van der Waals surface area contributed by atoms with E-state index in [0.717, 1.165) is 29.4 Å². The highest BCUT2D eigenvalue weighted by molar-refractivity contribution is 8.00. The summed E-state index contributed by atoms with van der Waals surface area (Å²) in [6.07, 6.45) is 5.71. The zero-order valence-electron chi connectivity index (χ0n) is 14.7. The molecule has 0 bridgehead atoms. The molecule has 1 fully saturated rings. The van der Waals surface area contributed by atoms with E-state index in [2.05, 4.69) is 25.1 Å². The fourth-order valence-electron chi connectivity index (χ4n) is 2.72. The fourth-order valence-corrected chi connectivity index (χ4v) is 3.82. The lowest BCUT2D eigenvalue weighted by atomic mass is 10.3. The van der Waals surface area contributed by atoms with E-state index in [0.29, 0.717) is 16.8 Å². The average Bonchev–Trinajstić information content (AvgIpc) is 3.44. The Hall–Kier alpha value is -2.38. The predicted octanol–water partition coefficient (Wildman–Crippen LogP) is 4.45. The zero-order valence-corrected chi connectivity index (χ0v) is 16.2. The molecule has 1 amide bonds. The number of nitrogens with one attached hydrogen (secondary N) is 1. The molecule has 0 radical (unpaired) electrons. The van der Waals surface area contributed by atoms with Crippen LogP contribution in [0.15, 0.2) is 53.9 Å². The number of carbonyl (C=O) groups excluding carboxylic acids is 1. The minimum Gasteiger partial charge on any atom is -0.324 e. The number of para-hydroxylation sites is 1. The summed E-state index contributed by atoms with van der Waals surface area (Å²) in [5, 5.41) is 12.5. The molecule has 8 heteroatoms. The van der Waals surface area contributed by atoms with Gasteiger partial charge in [-0.2, -0.15) is 0 Å². The van der Waals surface area contributed by atoms with Gasteiger partial charge in [0.2, 0.25) is 5.91 Å². The van der Waals surface area contributed by atoms with Crippen molar-refractivity contribution in [3.63, 3.8) is 0 Å². The van der Waals surface area contributed by atoms with Crippen molar-refractivity contribution >= 4 is 35.0 Å². The van der Waals surface area contributed by atoms with Crippen LogP contribution in [0.25, 0.3) is 11.4 Å². The fraction of sp³-hybridized carbons (Fsp3) is 0.263. The molecule has 1 N–H and O–H groups in total. The molecule has 0 unspecified atom stereocenters. The van der Waals surface area contributed by atoms with Crippen LogP contribution in [-0.2, 0) is 4.79 Å². The number of thioether (sulfide) groups is 1. The maximum Gasteiger partial charge on any atom is 0.237 e. The van der Waals surface area contributed by atoms with Crippen molar-refractivity contribution < 1.29 is 4.79 Å². The van der Waals surface area contributed by atoms with Crippen molar-refractivity contribution in [1.82, 2.24) is 19.7 Å². The Morgan fingerprint density at radius 1 is 1.26 bits per heavy atom. The largest absolute Gasteiger partial charge is 0.324 e. The summed E-state index contributed by atoms with van der Waals surface area (Å²) in [5.74, 6) is 0.674. The number of amides is 1. The second kappa shape index (κ2) is 7.70. The van der Waals surface area contributed by atoms with Crippen LogP contribution in [0, 0.1) is 0 Å². The van der Waals surface area contributed by atoms with Crippen molar-refractivity contribution in [2.24, 2.45) is 0 Å². The highest BCUT2D eigenvalue weighted by atomic mass is 35.5. The maximum atomic E-state index is 12.6. The maximum absolute atomic E-state index is 12.6. The number of anilines is 1. The van der Waals surface area contributed by atoms with E-state index in [9.17, 15) is 4.79 Å². The van der Waals surface area contributed by atoms with Gasteiger partial charge in [0.25, 0.3) is 0 Å². The first-order valence-electron chi connectivity index (χ1n) is 8.71. The second-order valence-corrected chi connectivity index (χ2v) is 8.09. The number of halogens is 1. The van der Waals surface area contributed by atoms with E-state index in [1.165, 1.54) is 11.8 Å². The molecule has 1 aliphatic rings.